The van der Waals surface area contributed by atoms with Crippen molar-refractivity contribution in [2.24, 2.45) is 4.99 Å². The van der Waals surface area contributed by atoms with Gasteiger partial charge in [0.05, 0.1) is 16.8 Å². The maximum absolute atomic E-state index is 6.35. The zero-order valence-corrected chi connectivity index (χ0v) is 15.3. The molecular formula is C16H15Cl4N3. The van der Waals surface area contributed by atoms with Crippen LogP contribution in [-0.2, 0) is 0 Å². The predicted molar refractivity (Wildman–Crippen MR) is 101 cm³/mol. The number of nitrogens with zero attached hydrogens (tertiary/aromatic N) is 2. The Morgan fingerprint density at radius 3 is 2.30 bits per heavy atom. The summed E-state index contributed by atoms with van der Waals surface area (Å²) in [5.74, 6) is 0.908. The van der Waals surface area contributed by atoms with Crippen LogP contribution in [0.3, 0.4) is 0 Å². The van der Waals surface area contributed by atoms with E-state index in [0.29, 0.717) is 10.0 Å². The number of amidine groups is 1. The fourth-order valence-corrected chi connectivity index (χ4v) is 3.16. The second kappa shape index (κ2) is 7.63. The van der Waals surface area contributed by atoms with Crippen LogP contribution in [0.1, 0.15) is 18.0 Å². The van der Waals surface area contributed by atoms with Crippen molar-refractivity contribution in [2.45, 2.75) is 12.5 Å². The molecule has 2 aromatic rings. The molecule has 1 aliphatic rings. The fourth-order valence-electron chi connectivity index (χ4n) is 2.53. The van der Waals surface area contributed by atoms with Gasteiger partial charge >= 0.3 is 0 Å². The van der Waals surface area contributed by atoms with Crippen LogP contribution >= 0.6 is 47.2 Å². The number of hydrogen-bond acceptors (Lipinski definition) is 2. The summed E-state index contributed by atoms with van der Waals surface area (Å²) in [6, 6.07) is 13.4. The van der Waals surface area contributed by atoms with Gasteiger partial charge in [-0.1, -0.05) is 46.9 Å². The predicted octanol–water partition coefficient (Wildman–Crippen LogP) is 5.55. The van der Waals surface area contributed by atoms with Crippen LogP contribution in [0.15, 0.2) is 47.5 Å². The molecular weight excluding hydrogens is 376 g/mol. The van der Waals surface area contributed by atoms with Gasteiger partial charge in [0, 0.05) is 23.5 Å². The first-order valence-corrected chi connectivity index (χ1v) is 7.94. The third kappa shape index (κ3) is 3.86. The molecule has 0 unspecified atom stereocenters. The molecule has 0 bridgehead atoms. The average molecular weight is 391 g/mol. The number of aliphatic imine (C=N–C) groups is 1. The lowest BCUT2D eigenvalue weighted by Gasteiger charge is -2.27. The molecule has 0 saturated carbocycles. The maximum atomic E-state index is 6.35. The largest absolute Gasteiger partial charge is 0.285 e. The van der Waals surface area contributed by atoms with Crippen molar-refractivity contribution in [3.05, 3.63) is 63.1 Å². The first-order chi connectivity index (χ1) is 10.6. The smallest absolute Gasteiger partial charge is 0.117 e. The zero-order chi connectivity index (χ0) is 15.7. The molecule has 7 heteroatoms. The van der Waals surface area contributed by atoms with Crippen LogP contribution < -0.4 is 10.4 Å². The lowest BCUT2D eigenvalue weighted by Crippen LogP contribution is -2.35. The van der Waals surface area contributed by atoms with E-state index in [9.17, 15) is 0 Å². The van der Waals surface area contributed by atoms with E-state index in [0.717, 1.165) is 28.5 Å². The van der Waals surface area contributed by atoms with Crippen LogP contribution in [0.5, 0.6) is 0 Å². The minimum Gasteiger partial charge on any atom is -0.285 e. The summed E-state index contributed by atoms with van der Waals surface area (Å²) >= 11 is 18.3. The van der Waals surface area contributed by atoms with Gasteiger partial charge in [-0.25, -0.2) is 0 Å². The lowest BCUT2D eigenvalue weighted by atomic mass is 10.0. The van der Waals surface area contributed by atoms with Crippen molar-refractivity contribution >= 4 is 58.7 Å². The number of benzene rings is 2. The fraction of sp³-hybridized carbons (Fsp3) is 0.188. The highest BCUT2D eigenvalue weighted by Gasteiger charge is 2.31. The number of hydrogen-bond donors (Lipinski definition) is 1. The first-order valence-electron chi connectivity index (χ1n) is 6.80. The molecule has 1 fully saturated rings. The number of halogens is 4. The van der Waals surface area contributed by atoms with Crippen molar-refractivity contribution < 1.29 is 0 Å². The van der Waals surface area contributed by atoms with E-state index in [1.807, 2.05) is 41.4 Å². The average Bonchev–Trinajstić information content (AvgIpc) is 2.92. The van der Waals surface area contributed by atoms with Crippen molar-refractivity contribution in [3.63, 3.8) is 0 Å². The van der Waals surface area contributed by atoms with Gasteiger partial charge in [0.1, 0.15) is 5.84 Å². The minimum atomic E-state index is 0. The van der Waals surface area contributed by atoms with Gasteiger partial charge in [-0.15, -0.1) is 12.4 Å². The van der Waals surface area contributed by atoms with Crippen LogP contribution in [0.2, 0.25) is 15.1 Å². The molecule has 0 aliphatic carbocycles. The molecule has 122 valence electrons. The number of hydrazine groups is 1. The Labute approximate surface area is 156 Å². The van der Waals surface area contributed by atoms with Crippen LogP contribution in [-0.4, -0.2) is 12.9 Å². The van der Waals surface area contributed by atoms with Crippen LogP contribution in [0.4, 0.5) is 5.69 Å². The molecule has 0 amide bonds. The van der Waals surface area contributed by atoms with E-state index in [-0.39, 0.29) is 18.4 Å². The molecule has 1 saturated heterocycles. The summed E-state index contributed by atoms with van der Waals surface area (Å²) in [6.07, 6.45) is 0.775. The third-order valence-corrected chi connectivity index (χ3v) is 4.43. The third-order valence-electron chi connectivity index (χ3n) is 3.64. The van der Waals surface area contributed by atoms with Gasteiger partial charge in [0.25, 0.3) is 0 Å². The summed E-state index contributed by atoms with van der Waals surface area (Å²) in [4.78, 5) is 4.27. The van der Waals surface area contributed by atoms with Gasteiger partial charge in [-0.2, -0.15) is 0 Å². The SMILES string of the molecule is CN=C1C[C@H](c2ccc(Cl)cc2)N(c2ccc(Cl)cc2Cl)N1.Cl. The van der Waals surface area contributed by atoms with E-state index in [1.165, 1.54) is 0 Å². The first kappa shape index (κ1) is 18.2. The standard InChI is InChI=1S/C16H14Cl3N3.ClH/c1-20-16-9-15(10-2-4-11(17)5-3-10)22(21-16)14-7-6-12(18)8-13(14)19;/h2-8,15H,9H2,1H3,(H,20,21);1H/t15-;/m1./s1. The highest BCUT2D eigenvalue weighted by atomic mass is 35.5. The molecule has 2 aromatic carbocycles. The Bertz CT molecular complexity index is 716. The summed E-state index contributed by atoms with van der Waals surface area (Å²) in [7, 11) is 1.77. The Hall–Kier alpha value is -1.13. The van der Waals surface area contributed by atoms with Crippen molar-refractivity contribution in [2.75, 3.05) is 12.1 Å². The summed E-state index contributed by atoms with van der Waals surface area (Å²) in [5.41, 5.74) is 5.31. The second-order valence-electron chi connectivity index (χ2n) is 5.02. The van der Waals surface area contributed by atoms with E-state index < -0.39 is 0 Å². The van der Waals surface area contributed by atoms with Gasteiger partial charge < -0.3 is 0 Å². The van der Waals surface area contributed by atoms with E-state index in [4.69, 9.17) is 34.8 Å². The summed E-state index contributed by atoms with van der Waals surface area (Å²) in [6.45, 7) is 0. The summed E-state index contributed by atoms with van der Waals surface area (Å²) in [5, 5.41) is 3.94. The molecule has 3 rings (SSSR count). The Morgan fingerprint density at radius 2 is 1.70 bits per heavy atom. The topological polar surface area (TPSA) is 27.6 Å². The molecule has 1 heterocycles. The molecule has 0 spiro atoms. The number of rotatable bonds is 2. The molecule has 23 heavy (non-hydrogen) atoms. The normalized spacial score (nSPS) is 18.7. The van der Waals surface area contributed by atoms with Crippen LogP contribution in [0.25, 0.3) is 0 Å². The molecule has 0 radical (unpaired) electrons. The van der Waals surface area contributed by atoms with E-state index in [1.54, 1.807) is 13.1 Å². The number of anilines is 1. The van der Waals surface area contributed by atoms with Crippen molar-refractivity contribution in [3.8, 4) is 0 Å². The molecule has 0 aromatic heterocycles. The van der Waals surface area contributed by atoms with Gasteiger partial charge in [0.15, 0.2) is 0 Å². The van der Waals surface area contributed by atoms with Gasteiger partial charge in [-0.3, -0.25) is 15.4 Å². The zero-order valence-electron chi connectivity index (χ0n) is 12.3. The highest BCUT2D eigenvalue weighted by Crippen LogP contribution is 2.37. The van der Waals surface area contributed by atoms with Crippen molar-refractivity contribution in [1.82, 2.24) is 5.43 Å². The minimum absolute atomic E-state index is 0. The van der Waals surface area contributed by atoms with Crippen LogP contribution in [0, 0.1) is 0 Å². The highest BCUT2D eigenvalue weighted by molar-refractivity contribution is 6.36. The molecule has 1 aliphatic heterocycles. The van der Waals surface area contributed by atoms with Gasteiger partial charge in [0.2, 0.25) is 0 Å². The number of nitrogens with one attached hydrogen (secondary N) is 1. The monoisotopic (exact) mass is 389 g/mol. The second-order valence-corrected chi connectivity index (χ2v) is 6.30. The van der Waals surface area contributed by atoms with E-state index >= 15 is 0 Å². The lowest BCUT2D eigenvalue weighted by molar-refractivity contribution is 0.686. The molecule has 1 atom stereocenters. The molecule has 1 N–H and O–H groups in total. The van der Waals surface area contributed by atoms with Crippen molar-refractivity contribution in [1.29, 1.82) is 0 Å². The van der Waals surface area contributed by atoms with E-state index in [2.05, 4.69) is 10.4 Å². The van der Waals surface area contributed by atoms with Gasteiger partial charge in [-0.05, 0) is 35.9 Å². The summed E-state index contributed by atoms with van der Waals surface area (Å²) < 4.78 is 0. The quantitative estimate of drug-likeness (QED) is 0.727. The maximum Gasteiger partial charge on any atom is 0.117 e. The Balaban J connectivity index is 0.00000192. The Morgan fingerprint density at radius 1 is 1.04 bits per heavy atom. The Kier molecular flexibility index (Phi) is 6.04. The molecule has 3 nitrogen and oxygen atoms in total.